The van der Waals surface area contributed by atoms with E-state index in [0.717, 1.165) is 21.7 Å². The van der Waals surface area contributed by atoms with Gasteiger partial charge in [0.1, 0.15) is 0 Å². The van der Waals surface area contributed by atoms with E-state index in [2.05, 4.69) is 16.8 Å². The van der Waals surface area contributed by atoms with Gasteiger partial charge in [-0.05, 0) is 19.1 Å². The molecule has 1 aromatic heterocycles. The molecule has 0 bridgehead atoms. The number of hydrogen-bond acceptors (Lipinski definition) is 4. The van der Waals surface area contributed by atoms with Crippen molar-refractivity contribution in [1.29, 1.82) is 5.26 Å². The molecule has 18 heavy (non-hydrogen) atoms. The molecule has 0 saturated carbocycles. The summed E-state index contributed by atoms with van der Waals surface area (Å²) in [6.45, 7) is 2.00. The molecular formula is C14H11N3S. The first-order valence-electron chi connectivity index (χ1n) is 5.40. The number of benzene rings is 1. The third-order valence-electron chi connectivity index (χ3n) is 2.37. The average Bonchev–Trinajstić information content (AvgIpc) is 2.70. The molecule has 0 radical (unpaired) electrons. The molecule has 0 fully saturated rings. The fraction of sp³-hybridized carbons (Fsp3) is 0.143. The highest BCUT2D eigenvalue weighted by molar-refractivity contribution is 7.15. The van der Waals surface area contributed by atoms with E-state index in [1.165, 1.54) is 11.3 Å². The Morgan fingerprint density at radius 3 is 2.61 bits per heavy atom. The van der Waals surface area contributed by atoms with Crippen molar-refractivity contribution < 1.29 is 0 Å². The molecule has 0 aliphatic heterocycles. The lowest BCUT2D eigenvalue weighted by Crippen LogP contribution is -1.84. The lowest BCUT2D eigenvalue weighted by Gasteiger charge is -1.98. The highest BCUT2D eigenvalue weighted by Crippen LogP contribution is 2.28. The molecule has 3 nitrogen and oxygen atoms in total. The third kappa shape index (κ3) is 2.68. The summed E-state index contributed by atoms with van der Waals surface area (Å²) in [7, 11) is 0. The number of nitrogens with zero attached hydrogens (tertiary/aromatic N) is 2. The van der Waals surface area contributed by atoms with E-state index in [4.69, 9.17) is 11.0 Å². The molecule has 2 N–H and O–H groups in total. The predicted octanol–water partition coefficient (Wildman–Crippen LogP) is 2.97. The molecule has 2 rings (SSSR count). The summed E-state index contributed by atoms with van der Waals surface area (Å²) in [6, 6.07) is 9.78. The molecule has 1 heterocycles. The Labute approximate surface area is 110 Å². The maximum Gasteiger partial charge on any atom is 0.180 e. The van der Waals surface area contributed by atoms with E-state index in [1.807, 2.05) is 37.3 Å². The number of aryl methyl sites for hydroxylation is 1. The lowest BCUT2D eigenvalue weighted by molar-refractivity contribution is 1.37. The summed E-state index contributed by atoms with van der Waals surface area (Å²) in [6.07, 6.45) is 0.253. The second kappa shape index (κ2) is 5.35. The molecule has 0 amide bonds. The van der Waals surface area contributed by atoms with E-state index in [9.17, 15) is 0 Å². The molecule has 0 saturated heterocycles. The molecule has 4 heteroatoms. The number of aromatic nitrogens is 1. The van der Waals surface area contributed by atoms with Gasteiger partial charge in [-0.3, -0.25) is 0 Å². The summed E-state index contributed by atoms with van der Waals surface area (Å²) in [5.74, 6) is 5.71. The van der Waals surface area contributed by atoms with Crippen LogP contribution in [-0.4, -0.2) is 4.98 Å². The number of hydrogen-bond donors (Lipinski definition) is 1. The van der Waals surface area contributed by atoms with E-state index in [1.54, 1.807) is 0 Å². The Hall–Kier alpha value is -2.30. The Morgan fingerprint density at radius 2 is 2.06 bits per heavy atom. The second-order valence-electron chi connectivity index (χ2n) is 3.67. The highest BCUT2D eigenvalue weighted by Gasteiger charge is 2.07. The van der Waals surface area contributed by atoms with Crippen LogP contribution in [0.25, 0.3) is 11.3 Å². The third-order valence-corrected chi connectivity index (χ3v) is 3.17. The summed E-state index contributed by atoms with van der Waals surface area (Å²) in [5, 5.41) is 8.98. The molecular weight excluding hydrogens is 242 g/mol. The summed E-state index contributed by atoms with van der Waals surface area (Å²) < 4.78 is 0. The molecule has 0 aliphatic rings. The van der Waals surface area contributed by atoms with Crippen LogP contribution in [0.5, 0.6) is 0 Å². The minimum absolute atomic E-state index is 0.253. The van der Waals surface area contributed by atoms with Crippen molar-refractivity contribution in [2.45, 2.75) is 13.3 Å². The zero-order valence-electron chi connectivity index (χ0n) is 9.90. The van der Waals surface area contributed by atoms with Crippen molar-refractivity contribution in [3.8, 4) is 29.2 Å². The standard InChI is InChI=1S/C14H11N3S/c1-10-13(17-14(16)18-10)12-7-5-11(6-8-12)4-2-3-9-15/h5-8H,3H2,1H3,(H2,16,17). The van der Waals surface area contributed by atoms with E-state index in [0.29, 0.717) is 5.13 Å². The molecule has 88 valence electrons. The maximum atomic E-state index is 8.40. The number of rotatable bonds is 1. The quantitative estimate of drug-likeness (QED) is 0.795. The van der Waals surface area contributed by atoms with Gasteiger partial charge in [-0.2, -0.15) is 5.26 Å². The molecule has 0 aliphatic carbocycles. The monoisotopic (exact) mass is 253 g/mol. The van der Waals surface area contributed by atoms with Crippen molar-refractivity contribution in [2.75, 3.05) is 5.73 Å². The fourth-order valence-electron chi connectivity index (χ4n) is 1.58. The van der Waals surface area contributed by atoms with Crippen LogP contribution in [0.2, 0.25) is 0 Å². The minimum Gasteiger partial charge on any atom is -0.375 e. The minimum atomic E-state index is 0.253. The predicted molar refractivity (Wildman–Crippen MR) is 73.8 cm³/mol. The first kappa shape index (κ1) is 12.2. The first-order chi connectivity index (χ1) is 8.70. The second-order valence-corrected chi connectivity index (χ2v) is 4.91. The van der Waals surface area contributed by atoms with E-state index < -0.39 is 0 Å². The maximum absolute atomic E-state index is 8.40. The SMILES string of the molecule is Cc1sc(N)nc1-c1ccc(C#CCC#N)cc1. The van der Waals surface area contributed by atoms with Crippen LogP contribution >= 0.6 is 11.3 Å². The van der Waals surface area contributed by atoms with Gasteiger partial charge in [0.2, 0.25) is 0 Å². The molecule has 1 aromatic carbocycles. The molecule has 0 spiro atoms. The van der Waals surface area contributed by atoms with E-state index in [-0.39, 0.29) is 6.42 Å². The van der Waals surface area contributed by atoms with Gasteiger partial charge in [0.25, 0.3) is 0 Å². The number of nitrogens with two attached hydrogens (primary N) is 1. The van der Waals surface area contributed by atoms with Gasteiger partial charge in [0.15, 0.2) is 5.13 Å². The van der Waals surface area contributed by atoms with Crippen LogP contribution in [0.3, 0.4) is 0 Å². The highest BCUT2D eigenvalue weighted by atomic mass is 32.1. The number of anilines is 1. The van der Waals surface area contributed by atoms with Crippen molar-refractivity contribution in [2.24, 2.45) is 0 Å². The number of nitrogen functional groups attached to an aromatic ring is 1. The van der Waals surface area contributed by atoms with Gasteiger partial charge < -0.3 is 5.73 Å². The average molecular weight is 253 g/mol. The number of nitriles is 1. The van der Waals surface area contributed by atoms with Crippen LogP contribution in [0, 0.1) is 30.1 Å². The summed E-state index contributed by atoms with van der Waals surface area (Å²) in [4.78, 5) is 5.41. The van der Waals surface area contributed by atoms with Crippen molar-refractivity contribution >= 4 is 16.5 Å². The summed E-state index contributed by atoms with van der Waals surface area (Å²) >= 11 is 1.49. The van der Waals surface area contributed by atoms with Crippen molar-refractivity contribution in [3.63, 3.8) is 0 Å². The summed E-state index contributed by atoms with van der Waals surface area (Å²) in [5.41, 5.74) is 8.54. The zero-order valence-corrected chi connectivity index (χ0v) is 10.7. The van der Waals surface area contributed by atoms with Gasteiger partial charge in [-0.25, -0.2) is 4.98 Å². The fourth-order valence-corrected chi connectivity index (χ4v) is 2.29. The van der Waals surface area contributed by atoms with Crippen LogP contribution in [-0.2, 0) is 0 Å². The zero-order chi connectivity index (χ0) is 13.0. The van der Waals surface area contributed by atoms with Gasteiger partial charge in [-0.1, -0.05) is 24.0 Å². The van der Waals surface area contributed by atoms with Gasteiger partial charge in [0.05, 0.1) is 18.2 Å². The Morgan fingerprint density at radius 1 is 1.33 bits per heavy atom. The number of thiazole rings is 1. The van der Waals surface area contributed by atoms with Gasteiger partial charge in [-0.15, -0.1) is 11.3 Å². The van der Waals surface area contributed by atoms with Gasteiger partial charge in [0, 0.05) is 16.0 Å². The van der Waals surface area contributed by atoms with Crippen LogP contribution < -0.4 is 5.73 Å². The van der Waals surface area contributed by atoms with Gasteiger partial charge >= 0.3 is 0 Å². The topological polar surface area (TPSA) is 62.7 Å². The van der Waals surface area contributed by atoms with Crippen molar-refractivity contribution in [3.05, 3.63) is 34.7 Å². The Balaban J connectivity index is 2.26. The molecule has 0 atom stereocenters. The Kier molecular flexibility index (Phi) is 3.62. The largest absolute Gasteiger partial charge is 0.375 e. The van der Waals surface area contributed by atoms with Crippen LogP contribution in [0.4, 0.5) is 5.13 Å². The lowest BCUT2D eigenvalue weighted by atomic mass is 10.1. The first-order valence-corrected chi connectivity index (χ1v) is 6.21. The molecule has 0 unspecified atom stereocenters. The van der Waals surface area contributed by atoms with Crippen LogP contribution in [0.15, 0.2) is 24.3 Å². The van der Waals surface area contributed by atoms with Crippen molar-refractivity contribution in [1.82, 2.24) is 4.98 Å². The van der Waals surface area contributed by atoms with Crippen LogP contribution in [0.1, 0.15) is 16.9 Å². The Bertz CT molecular complexity index is 651. The normalized spacial score (nSPS) is 9.33. The smallest absolute Gasteiger partial charge is 0.180 e. The molecule has 2 aromatic rings. The van der Waals surface area contributed by atoms with E-state index >= 15 is 0 Å².